The van der Waals surface area contributed by atoms with Gasteiger partial charge in [-0.2, -0.15) is 13.2 Å². The minimum Gasteiger partial charge on any atom is -0.496 e. The van der Waals surface area contributed by atoms with Gasteiger partial charge in [0.1, 0.15) is 5.75 Å². The van der Waals surface area contributed by atoms with Crippen LogP contribution < -0.4 is 14.2 Å². The molecule has 9 nitrogen and oxygen atoms in total. The van der Waals surface area contributed by atoms with Crippen molar-refractivity contribution in [1.29, 1.82) is 0 Å². The first-order valence-corrected chi connectivity index (χ1v) is 10.8. The largest absolute Gasteiger partial charge is 0.496 e. The fraction of sp³-hybridized carbons (Fsp3) is 0.417. The highest BCUT2D eigenvalue weighted by atomic mass is 19.4. The van der Waals surface area contributed by atoms with Crippen LogP contribution >= 0.6 is 0 Å². The van der Waals surface area contributed by atoms with Gasteiger partial charge in [-0.1, -0.05) is 18.2 Å². The second-order valence-electron chi connectivity index (χ2n) is 7.84. The number of carboxylic acids is 2. The van der Waals surface area contributed by atoms with Crippen molar-refractivity contribution < 1.29 is 47.2 Å². The molecule has 1 saturated heterocycles. The molecule has 198 valence electrons. The number of rotatable bonds is 7. The number of ether oxygens (including phenoxy) is 3. The number of hydrogen-bond acceptors (Lipinski definition) is 7. The van der Waals surface area contributed by atoms with Gasteiger partial charge in [-0.25, -0.2) is 9.59 Å². The van der Waals surface area contributed by atoms with E-state index in [9.17, 15) is 13.2 Å². The van der Waals surface area contributed by atoms with Gasteiger partial charge in [0.05, 0.1) is 26.9 Å². The molecule has 1 fully saturated rings. The Labute approximate surface area is 206 Å². The zero-order valence-electron chi connectivity index (χ0n) is 20.2. The Morgan fingerprint density at radius 2 is 1.22 bits per heavy atom. The van der Waals surface area contributed by atoms with E-state index >= 15 is 0 Å². The summed E-state index contributed by atoms with van der Waals surface area (Å²) in [7, 11) is 4.78. The van der Waals surface area contributed by atoms with Gasteiger partial charge in [-0.15, -0.1) is 0 Å². The Kier molecular flexibility index (Phi) is 10.4. The lowest BCUT2D eigenvalue weighted by atomic mass is 10.1. The summed E-state index contributed by atoms with van der Waals surface area (Å²) in [5.74, 6) is -1.69. The second kappa shape index (κ2) is 13.0. The van der Waals surface area contributed by atoms with E-state index in [4.69, 9.17) is 34.0 Å². The van der Waals surface area contributed by atoms with Gasteiger partial charge in [-0.05, 0) is 17.7 Å². The number of benzene rings is 2. The molecule has 0 unspecified atom stereocenters. The zero-order chi connectivity index (χ0) is 26.9. The molecule has 1 heterocycles. The van der Waals surface area contributed by atoms with Crippen molar-refractivity contribution in [2.75, 3.05) is 47.5 Å². The van der Waals surface area contributed by atoms with E-state index in [2.05, 4.69) is 9.80 Å². The van der Waals surface area contributed by atoms with Crippen molar-refractivity contribution in [2.45, 2.75) is 19.3 Å². The molecule has 0 amide bonds. The van der Waals surface area contributed by atoms with Gasteiger partial charge in [0.25, 0.3) is 0 Å². The summed E-state index contributed by atoms with van der Waals surface area (Å²) in [5.41, 5.74) is 0.744. The average Bonchev–Trinajstić information content (AvgIpc) is 2.85. The summed E-state index contributed by atoms with van der Waals surface area (Å²) >= 11 is 0. The van der Waals surface area contributed by atoms with Gasteiger partial charge in [0.15, 0.2) is 11.5 Å². The number of carbonyl (C=O) groups is 2. The molecule has 0 saturated carbocycles. The van der Waals surface area contributed by atoms with E-state index in [1.807, 2.05) is 6.07 Å². The number of nitrogens with zero attached hydrogens (tertiary/aromatic N) is 2. The summed E-state index contributed by atoms with van der Waals surface area (Å²) in [4.78, 5) is 22.5. The van der Waals surface area contributed by atoms with E-state index in [-0.39, 0.29) is 0 Å². The van der Waals surface area contributed by atoms with Crippen molar-refractivity contribution in [3.8, 4) is 17.2 Å². The van der Waals surface area contributed by atoms with Gasteiger partial charge < -0.3 is 24.4 Å². The van der Waals surface area contributed by atoms with Gasteiger partial charge >= 0.3 is 18.1 Å². The summed E-state index contributed by atoms with van der Waals surface area (Å²) in [6.07, 6.45) is -4.33. The standard InChI is InChI=1S/C22H27F3N2O3.C2H2O4/c1-28-19-13-21(30-3)20(29-2)12-17(19)15-27-10-8-26(9-11-27)14-16-6-4-5-7-18(16)22(23,24)25;3-1(4)2(5)6/h4-7,12-13H,8-11,14-15H2,1-3H3;(H,3,4)(H,5,6). The first-order chi connectivity index (χ1) is 17.0. The zero-order valence-corrected chi connectivity index (χ0v) is 20.2. The molecule has 0 radical (unpaired) electrons. The Hall–Kier alpha value is -3.51. The van der Waals surface area contributed by atoms with Gasteiger partial charge in [-0.3, -0.25) is 9.80 Å². The maximum Gasteiger partial charge on any atom is 0.416 e. The minimum atomic E-state index is -4.33. The van der Waals surface area contributed by atoms with Crippen LogP contribution in [0.15, 0.2) is 36.4 Å². The Balaban J connectivity index is 0.000000678. The highest BCUT2D eigenvalue weighted by Crippen LogP contribution is 2.35. The molecule has 0 spiro atoms. The van der Waals surface area contributed by atoms with Crippen LogP contribution in [0.25, 0.3) is 0 Å². The third kappa shape index (κ3) is 8.02. The van der Waals surface area contributed by atoms with Crippen molar-refractivity contribution in [2.24, 2.45) is 0 Å². The van der Waals surface area contributed by atoms with E-state index < -0.39 is 23.7 Å². The van der Waals surface area contributed by atoms with Crippen LogP contribution in [0.2, 0.25) is 0 Å². The van der Waals surface area contributed by atoms with E-state index in [1.54, 1.807) is 39.5 Å². The molecule has 1 aliphatic heterocycles. The molecule has 2 aromatic carbocycles. The second-order valence-corrected chi connectivity index (χ2v) is 7.84. The predicted octanol–water partition coefficient (Wildman–Crippen LogP) is 3.20. The topological polar surface area (TPSA) is 109 Å². The third-order valence-electron chi connectivity index (χ3n) is 5.55. The quantitative estimate of drug-likeness (QED) is 0.539. The number of aliphatic carboxylic acids is 2. The molecule has 36 heavy (non-hydrogen) atoms. The van der Waals surface area contributed by atoms with Crippen LogP contribution in [-0.2, 0) is 28.9 Å². The molecular formula is C24H29F3N2O7. The van der Waals surface area contributed by atoms with Crippen LogP contribution in [-0.4, -0.2) is 79.5 Å². The van der Waals surface area contributed by atoms with Crippen LogP contribution in [0.5, 0.6) is 17.2 Å². The van der Waals surface area contributed by atoms with E-state index in [0.29, 0.717) is 49.0 Å². The molecule has 3 rings (SSSR count). The predicted molar refractivity (Wildman–Crippen MR) is 123 cm³/mol. The molecule has 0 aliphatic carbocycles. The maximum absolute atomic E-state index is 13.2. The first-order valence-electron chi connectivity index (χ1n) is 10.8. The Morgan fingerprint density at radius 3 is 1.67 bits per heavy atom. The fourth-order valence-corrected chi connectivity index (χ4v) is 3.74. The monoisotopic (exact) mass is 514 g/mol. The molecule has 2 N–H and O–H groups in total. The highest BCUT2D eigenvalue weighted by Gasteiger charge is 2.33. The Bertz CT molecular complexity index is 1030. The van der Waals surface area contributed by atoms with Crippen LogP contribution in [0, 0.1) is 0 Å². The van der Waals surface area contributed by atoms with E-state index in [1.165, 1.54) is 6.07 Å². The smallest absolute Gasteiger partial charge is 0.416 e. The number of hydrogen-bond donors (Lipinski definition) is 2. The molecule has 12 heteroatoms. The molecule has 0 aromatic heterocycles. The molecule has 2 aromatic rings. The lowest BCUT2D eigenvalue weighted by molar-refractivity contribution is -0.159. The SMILES string of the molecule is COc1cc(OC)c(OC)cc1CN1CCN(Cc2ccccc2C(F)(F)F)CC1.O=C(O)C(=O)O. The van der Waals surface area contributed by atoms with Gasteiger partial charge in [0, 0.05) is 50.9 Å². The maximum atomic E-state index is 13.2. The number of carboxylic acid groups (broad SMARTS) is 2. The number of halogens is 3. The summed E-state index contributed by atoms with van der Waals surface area (Å²) in [6.45, 7) is 3.86. The molecule has 1 aliphatic rings. The van der Waals surface area contributed by atoms with Crippen molar-refractivity contribution in [3.05, 3.63) is 53.1 Å². The van der Waals surface area contributed by atoms with Crippen molar-refractivity contribution >= 4 is 11.9 Å². The van der Waals surface area contributed by atoms with Crippen LogP contribution in [0.4, 0.5) is 13.2 Å². The fourth-order valence-electron chi connectivity index (χ4n) is 3.74. The number of piperazine rings is 1. The normalized spacial score (nSPS) is 14.4. The number of alkyl halides is 3. The molecule has 0 atom stereocenters. The summed E-state index contributed by atoms with van der Waals surface area (Å²) in [5, 5.41) is 14.8. The average molecular weight is 514 g/mol. The van der Waals surface area contributed by atoms with Gasteiger partial charge in [0.2, 0.25) is 0 Å². The lowest BCUT2D eigenvalue weighted by Crippen LogP contribution is -2.45. The minimum absolute atomic E-state index is 0.295. The first kappa shape index (κ1) is 28.7. The third-order valence-corrected chi connectivity index (χ3v) is 5.55. The van der Waals surface area contributed by atoms with Crippen LogP contribution in [0.3, 0.4) is 0 Å². The lowest BCUT2D eigenvalue weighted by Gasteiger charge is -2.35. The molecule has 0 bridgehead atoms. The highest BCUT2D eigenvalue weighted by molar-refractivity contribution is 6.27. The number of methoxy groups -OCH3 is 3. The summed E-state index contributed by atoms with van der Waals surface area (Å²) < 4.78 is 55.9. The van der Waals surface area contributed by atoms with Crippen molar-refractivity contribution in [3.63, 3.8) is 0 Å². The summed E-state index contributed by atoms with van der Waals surface area (Å²) in [6, 6.07) is 9.51. The van der Waals surface area contributed by atoms with Crippen molar-refractivity contribution in [1.82, 2.24) is 9.80 Å². The van der Waals surface area contributed by atoms with Crippen LogP contribution in [0.1, 0.15) is 16.7 Å². The van der Waals surface area contributed by atoms with E-state index in [0.717, 1.165) is 24.7 Å². The Morgan fingerprint density at radius 1 is 0.778 bits per heavy atom. The molecular weight excluding hydrogens is 485 g/mol.